The molecule has 7 heteroatoms. The van der Waals surface area contributed by atoms with Crippen LogP contribution in [0.4, 0.5) is 5.69 Å². The molecule has 2 heterocycles. The maximum absolute atomic E-state index is 13.1. The molecule has 162 valence electrons. The third-order valence-electron chi connectivity index (χ3n) is 5.47. The first-order valence-corrected chi connectivity index (χ1v) is 10.00. The second-order valence-corrected chi connectivity index (χ2v) is 7.60. The zero-order chi connectivity index (χ0) is 23.0. The van der Waals surface area contributed by atoms with Crippen molar-refractivity contribution >= 4 is 23.1 Å². The summed E-state index contributed by atoms with van der Waals surface area (Å²) in [6.07, 6.45) is 1.54. The number of amides is 1. The molecule has 1 unspecified atom stereocenters. The number of hydrogen-bond donors (Lipinski definition) is 2. The molecule has 3 aromatic rings. The molecule has 1 amide bonds. The molecule has 1 fully saturated rings. The Hall–Kier alpha value is -4.13. The SMILES string of the molecule is COc1ccc(/C(O)=C2/C(=O)C(=O)N(c3cc(C)ccc3O)C2c2ccccn2)cc1C. The molecule has 7 nitrogen and oxygen atoms in total. The summed E-state index contributed by atoms with van der Waals surface area (Å²) in [5.41, 5.74) is 2.39. The van der Waals surface area contributed by atoms with E-state index in [4.69, 9.17) is 4.74 Å². The number of rotatable bonds is 4. The quantitative estimate of drug-likeness (QED) is 0.368. The van der Waals surface area contributed by atoms with E-state index >= 15 is 0 Å². The topological polar surface area (TPSA) is 100.0 Å². The van der Waals surface area contributed by atoms with Gasteiger partial charge in [0.05, 0.1) is 24.1 Å². The van der Waals surface area contributed by atoms with Crippen molar-refractivity contribution in [3.05, 3.63) is 88.8 Å². The molecule has 0 aliphatic carbocycles. The number of aryl methyl sites for hydroxylation is 2. The largest absolute Gasteiger partial charge is 0.507 e. The number of anilines is 1. The molecule has 1 saturated heterocycles. The maximum atomic E-state index is 13.1. The number of carbonyl (C=O) groups excluding carboxylic acids is 2. The number of phenolic OH excluding ortho intramolecular Hbond substituents is 1. The van der Waals surface area contributed by atoms with Crippen LogP contribution >= 0.6 is 0 Å². The number of benzene rings is 2. The number of nitrogens with zero attached hydrogens (tertiary/aromatic N) is 2. The van der Waals surface area contributed by atoms with Crippen molar-refractivity contribution in [3.63, 3.8) is 0 Å². The summed E-state index contributed by atoms with van der Waals surface area (Å²) in [4.78, 5) is 31.8. The molecule has 1 aromatic heterocycles. The van der Waals surface area contributed by atoms with E-state index in [0.29, 0.717) is 17.0 Å². The standard InChI is InChI=1S/C25H22N2O5/c1-14-7-9-19(28)18(12-14)27-22(17-6-4-5-11-26-17)21(24(30)25(27)31)23(29)16-8-10-20(32-3)15(2)13-16/h4-13,22,28-29H,1-3H3/b23-21-. The number of phenols is 1. The Balaban J connectivity index is 1.96. The fourth-order valence-corrected chi connectivity index (χ4v) is 3.91. The number of methoxy groups -OCH3 is 1. The predicted molar refractivity (Wildman–Crippen MR) is 120 cm³/mol. The smallest absolute Gasteiger partial charge is 0.300 e. The zero-order valence-corrected chi connectivity index (χ0v) is 17.9. The minimum atomic E-state index is -1.01. The van der Waals surface area contributed by atoms with Crippen LogP contribution < -0.4 is 9.64 Å². The Labute approximate surface area is 185 Å². The van der Waals surface area contributed by atoms with Crippen LogP contribution in [-0.2, 0) is 9.59 Å². The Kier molecular flexibility index (Phi) is 5.40. The van der Waals surface area contributed by atoms with Crippen LogP contribution in [0.3, 0.4) is 0 Å². The van der Waals surface area contributed by atoms with Gasteiger partial charge in [0.1, 0.15) is 23.3 Å². The molecule has 2 N–H and O–H groups in total. The van der Waals surface area contributed by atoms with Crippen LogP contribution in [0.2, 0.25) is 0 Å². The van der Waals surface area contributed by atoms with Gasteiger partial charge in [-0.1, -0.05) is 12.1 Å². The minimum absolute atomic E-state index is 0.0980. The van der Waals surface area contributed by atoms with Crippen molar-refractivity contribution in [2.45, 2.75) is 19.9 Å². The molecule has 1 atom stereocenters. The maximum Gasteiger partial charge on any atom is 0.300 e. The highest BCUT2D eigenvalue weighted by atomic mass is 16.5. The van der Waals surface area contributed by atoms with Crippen LogP contribution in [0.1, 0.15) is 28.4 Å². The third-order valence-corrected chi connectivity index (χ3v) is 5.47. The molecule has 32 heavy (non-hydrogen) atoms. The van der Waals surface area contributed by atoms with Crippen molar-refractivity contribution in [2.24, 2.45) is 0 Å². The van der Waals surface area contributed by atoms with Crippen molar-refractivity contribution in [2.75, 3.05) is 12.0 Å². The second kappa shape index (κ2) is 8.19. The summed E-state index contributed by atoms with van der Waals surface area (Å²) in [6.45, 7) is 3.63. The summed E-state index contributed by atoms with van der Waals surface area (Å²) in [5.74, 6) is -1.55. The number of ketones is 1. The molecule has 2 aromatic carbocycles. The molecule has 1 aliphatic heterocycles. The van der Waals surface area contributed by atoms with Gasteiger partial charge in [0.15, 0.2) is 0 Å². The van der Waals surface area contributed by atoms with Crippen molar-refractivity contribution in [1.82, 2.24) is 4.98 Å². The lowest BCUT2D eigenvalue weighted by molar-refractivity contribution is -0.132. The molecular weight excluding hydrogens is 408 g/mol. The number of Topliss-reactive ketones (excluding diaryl/α,β-unsaturated/α-hetero) is 1. The highest BCUT2D eigenvalue weighted by molar-refractivity contribution is 6.51. The van der Waals surface area contributed by atoms with Gasteiger partial charge in [-0.3, -0.25) is 19.5 Å². The van der Waals surface area contributed by atoms with E-state index in [1.54, 1.807) is 61.8 Å². The number of ether oxygens (including phenoxy) is 1. The van der Waals surface area contributed by atoms with E-state index < -0.39 is 17.7 Å². The first-order valence-electron chi connectivity index (χ1n) is 10.00. The first-order chi connectivity index (χ1) is 15.3. The molecule has 4 rings (SSSR count). The average molecular weight is 430 g/mol. The summed E-state index contributed by atoms with van der Waals surface area (Å²) in [5, 5.41) is 21.6. The number of carbonyl (C=O) groups is 2. The fraction of sp³-hybridized carbons (Fsp3) is 0.160. The molecule has 0 bridgehead atoms. The van der Waals surface area contributed by atoms with Crippen LogP contribution in [0.15, 0.2) is 66.4 Å². The highest BCUT2D eigenvalue weighted by Gasteiger charge is 2.48. The van der Waals surface area contributed by atoms with Crippen molar-refractivity contribution < 1.29 is 24.5 Å². The van der Waals surface area contributed by atoms with Crippen LogP contribution in [0.25, 0.3) is 5.76 Å². The third kappa shape index (κ3) is 3.47. The summed E-state index contributed by atoms with van der Waals surface area (Å²) >= 11 is 0. The molecule has 0 spiro atoms. The van der Waals surface area contributed by atoms with Crippen LogP contribution in [-0.4, -0.2) is 34.0 Å². The fourth-order valence-electron chi connectivity index (χ4n) is 3.91. The van der Waals surface area contributed by atoms with Gasteiger partial charge in [-0.05, 0) is 67.4 Å². The number of pyridine rings is 1. The summed E-state index contributed by atoms with van der Waals surface area (Å²) in [7, 11) is 1.54. The molecular formula is C25H22N2O5. The summed E-state index contributed by atoms with van der Waals surface area (Å²) < 4.78 is 5.27. The Morgan fingerprint density at radius 2 is 1.84 bits per heavy atom. The van der Waals surface area contributed by atoms with Gasteiger partial charge in [-0.2, -0.15) is 0 Å². The van der Waals surface area contributed by atoms with Gasteiger partial charge in [0, 0.05) is 11.8 Å². The average Bonchev–Trinajstić information content (AvgIpc) is 3.06. The number of hydrogen-bond acceptors (Lipinski definition) is 6. The normalized spacial score (nSPS) is 17.6. The predicted octanol–water partition coefficient (Wildman–Crippen LogP) is 4.04. The zero-order valence-electron chi connectivity index (χ0n) is 17.9. The van der Waals surface area contributed by atoms with Gasteiger partial charge in [-0.15, -0.1) is 0 Å². The van der Waals surface area contributed by atoms with E-state index in [1.165, 1.54) is 11.0 Å². The van der Waals surface area contributed by atoms with E-state index in [9.17, 15) is 19.8 Å². The highest BCUT2D eigenvalue weighted by Crippen LogP contribution is 2.44. The van der Waals surface area contributed by atoms with Crippen LogP contribution in [0.5, 0.6) is 11.5 Å². The number of aliphatic hydroxyl groups excluding tert-OH is 1. The van der Waals surface area contributed by atoms with Crippen molar-refractivity contribution in [1.29, 1.82) is 0 Å². The van der Waals surface area contributed by atoms with Crippen molar-refractivity contribution in [3.8, 4) is 11.5 Å². The Morgan fingerprint density at radius 1 is 1.06 bits per heavy atom. The lowest BCUT2D eigenvalue weighted by Crippen LogP contribution is -2.30. The molecule has 0 saturated carbocycles. The van der Waals surface area contributed by atoms with E-state index in [2.05, 4.69) is 4.98 Å². The Bertz CT molecular complexity index is 1250. The second-order valence-electron chi connectivity index (χ2n) is 7.60. The molecule has 1 aliphatic rings. The monoisotopic (exact) mass is 430 g/mol. The van der Waals surface area contributed by atoms with Gasteiger partial charge in [0.25, 0.3) is 11.7 Å². The minimum Gasteiger partial charge on any atom is -0.507 e. The van der Waals surface area contributed by atoms with Crippen LogP contribution in [0, 0.1) is 13.8 Å². The lowest BCUT2D eigenvalue weighted by atomic mass is 9.97. The number of aromatic hydroxyl groups is 1. The van der Waals surface area contributed by atoms with Gasteiger partial charge in [0.2, 0.25) is 0 Å². The van der Waals surface area contributed by atoms with Gasteiger partial charge >= 0.3 is 0 Å². The summed E-state index contributed by atoms with van der Waals surface area (Å²) in [6, 6.07) is 13.9. The Morgan fingerprint density at radius 3 is 2.50 bits per heavy atom. The van der Waals surface area contributed by atoms with Gasteiger partial charge in [-0.25, -0.2) is 0 Å². The first kappa shape index (κ1) is 21.1. The van der Waals surface area contributed by atoms with E-state index in [1.807, 2.05) is 13.8 Å². The van der Waals surface area contributed by atoms with Gasteiger partial charge < -0.3 is 14.9 Å². The number of aromatic nitrogens is 1. The molecule has 0 radical (unpaired) electrons. The van der Waals surface area contributed by atoms with E-state index in [0.717, 1.165) is 11.1 Å². The lowest BCUT2D eigenvalue weighted by Gasteiger charge is -2.25. The number of aliphatic hydroxyl groups is 1. The van der Waals surface area contributed by atoms with E-state index in [-0.39, 0.29) is 22.8 Å².